The number of carbonyl (C=O) groups excluding carboxylic acids is 1. The summed E-state index contributed by atoms with van der Waals surface area (Å²) in [6.07, 6.45) is 0.792. The van der Waals surface area contributed by atoms with Crippen molar-refractivity contribution in [3.8, 4) is 17.0 Å². The van der Waals surface area contributed by atoms with E-state index in [1.807, 2.05) is 73.7 Å². The van der Waals surface area contributed by atoms with Crippen LogP contribution in [0.25, 0.3) is 22.2 Å². The van der Waals surface area contributed by atoms with Crippen molar-refractivity contribution in [1.82, 2.24) is 10.3 Å². The Kier molecular flexibility index (Phi) is 5.75. The third-order valence-corrected chi connectivity index (χ3v) is 5.27. The molecule has 1 N–H and O–H groups in total. The number of nitrogens with one attached hydrogen (secondary N) is 1. The van der Waals surface area contributed by atoms with Gasteiger partial charge in [0.15, 0.2) is 0 Å². The summed E-state index contributed by atoms with van der Waals surface area (Å²) in [5.74, 6) is 0.716. The number of hydrogen-bond acceptors (Lipinski definition) is 3. The molecule has 0 fully saturated rings. The van der Waals surface area contributed by atoms with E-state index < -0.39 is 0 Å². The van der Waals surface area contributed by atoms with E-state index in [0.29, 0.717) is 12.1 Å². The number of nitrogens with zero attached hydrogens (tertiary/aromatic N) is 1. The molecule has 1 heterocycles. The monoisotopic (exact) mass is 396 g/mol. The van der Waals surface area contributed by atoms with Crippen LogP contribution in [0.2, 0.25) is 0 Å². The molecule has 4 heteroatoms. The molecule has 0 radical (unpaired) electrons. The third-order valence-electron chi connectivity index (χ3n) is 5.27. The van der Waals surface area contributed by atoms with Crippen molar-refractivity contribution >= 4 is 16.8 Å². The summed E-state index contributed by atoms with van der Waals surface area (Å²) < 4.78 is 5.26. The van der Waals surface area contributed by atoms with Gasteiger partial charge in [0.05, 0.1) is 23.9 Å². The highest BCUT2D eigenvalue weighted by atomic mass is 16.5. The Bertz CT molecular complexity index is 1170. The standard InChI is InChI=1S/C26H24N2O2/c1-18-24(26(29)27-17-16-19-8-4-3-5-9-19)22-10-6-7-11-23(22)28-25(18)20-12-14-21(30-2)15-13-20/h3-15H,16-17H2,1-2H3,(H,27,29). The summed E-state index contributed by atoms with van der Waals surface area (Å²) in [7, 11) is 1.65. The first kappa shape index (κ1) is 19.6. The summed E-state index contributed by atoms with van der Waals surface area (Å²) >= 11 is 0. The van der Waals surface area contributed by atoms with E-state index in [1.165, 1.54) is 5.56 Å². The molecule has 3 aromatic carbocycles. The first-order chi connectivity index (χ1) is 14.7. The summed E-state index contributed by atoms with van der Waals surface area (Å²) in [5.41, 5.74) is 5.33. The van der Waals surface area contributed by atoms with Gasteiger partial charge >= 0.3 is 0 Å². The van der Waals surface area contributed by atoms with Gasteiger partial charge in [-0.25, -0.2) is 4.98 Å². The summed E-state index contributed by atoms with van der Waals surface area (Å²) in [6.45, 7) is 2.54. The summed E-state index contributed by atoms with van der Waals surface area (Å²) in [6, 6.07) is 25.7. The molecule has 1 amide bonds. The van der Waals surface area contributed by atoms with Gasteiger partial charge in [0.25, 0.3) is 5.91 Å². The van der Waals surface area contributed by atoms with Crippen molar-refractivity contribution < 1.29 is 9.53 Å². The zero-order valence-corrected chi connectivity index (χ0v) is 17.2. The smallest absolute Gasteiger partial charge is 0.252 e. The highest BCUT2D eigenvalue weighted by Crippen LogP contribution is 2.30. The fourth-order valence-electron chi connectivity index (χ4n) is 3.68. The Morgan fingerprint density at radius 1 is 0.933 bits per heavy atom. The largest absolute Gasteiger partial charge is 0.497 e. The zero-order chi connectivity index (χ0) is 20.9. The number of benzene rings is 3. The second-order valence-corrected chi connectivity index (χ2v) is 7.20. The number of hydrogen-bond donors (Lipinski definition) is 1. The van der Waals surface area contributed by atoms with Crippen LogP contribution in [-0.2, 0) is 6.42 Å². The number of methoxy groups -OCH3 is 1. The van der Waals surface area contributed by atoms with Crippen LogP contribution in [0.5, 0.6) is 5.75 Å². The van der Waals surface area contributed by atoms with Gasteiger partial charge in [0.2, 0.25) is 0 Å². The lowest BCUT2D eigenvalue weighted by molar-refractivity contribution is 0.0955. The average Bonchev–Trinajstić information content (AvgIpc) is 2.79. The van der Waals surface area contributed by atoms with Crippen molar-refractivity contribution in [1.29, 1.82) is 0 Å². The molecule has 0 spiro atoms. The van der Waals surface area contributed by atoms with E-state index in [2.05, 4.69) is 17.4 Å². The van der Waals surface area contributed by atoms with Gasteiger partial charge in [0.1, 0.15) is 5.75 Å². The lowest BCUT2D eigenvalue weighted by Gasteiger charge is -2.15. The van der Waals surface area contributed by atoms with Crippen LogP contribution >= 0.6 is 0 Å². The zero-order valence-electron chi connectivity index (χ0n) is 17.2. The minimum Gasteiger partial charge on any atom is -0.497 e. The van der Waals surface area contributed by atoms with E-state index >= 15 is 0 Å². The number of rotatable bonds is 6. The van der Waals surface area contributed by atoms with Crippen LogP contribution in [0.15, 0.2) is 78.9 Å². The first-order valence-electron chi connectivity index (χ1n) is 10.0. The van der Waals surface area contributed by atoms with Gasteiger partial charge < -0.3 is 10.1 Å². The van der Waals surface area contributed by atoms with Gasteiger partial charge in [-0.05, 0) is 54.8 Å². The van der Waals surface area contributed by atoms with E-state index in [1.54, 1.807) is 7.11 Å². The second kappa shape index (κ2) is 8.78. The molecular weight excluding hydrogens is 372 g/mol. The quantitative estimate of drug-likeness (QED) is 0.488. The topological polar surface area (TPSA) is 51.2 Å². The Balaban J connectivity index is 1.68. The number of fused-ring (bicyclic) bond motifs is 1. The predicted molar refractivity (Wildman–Crippen MR) is 121 cm³/mol. The van der Waals surface area contributed by atoms with Crippen molar-refractivity contribution in [2.75, 3.05) is 13.7 Å². The minimum atomic E-state index is -0.0724. The average molecular weight is 396 g/mol. The molecule has 4 nitrogen and oxygen atoms in total. The highest BCUT2D eigenvalue weighted by molar-refractivity contribution is 6.08. The second-order valence-electron chi connectivity index (χ2n) is 7.20. The molecule has 0 saturated carbocycles. The van der Waals surface area contributed by atoms with Crippen molar-refractivity contribution in [2.24, 2.45) is 0 Å². The van der Waals surface area contributed by atoms with Crippen molar-refractivity contribution in [3.05, 3.63) is 95.6 Å². The number of carbonyl (C=O) groups is 1. The number of pyridine rings is 1. The normalized spacial score (nSPS) is 10.7. The van der Waals surface area contributed by atoms with Gasteiger partial charge in [0, 0.05) is 17.5 Å². The fraction of sp³-hybridized carbons (Fsp3) is 0.154. The number of amides is 1. The van der Waals surface area contributed by atoms with Crippen LogP contribution < -0.4 is 10.1 Å². The maximum Gasteiger partial charge on any atom is 0.252 e. The Labute approximate surface area is 176 Å². The molecule has 1 aromatic heterocycles. The minimum absolute atomic E-state index is 0.0724. The van der Waals surface area contributed by atoms with E-state index in [4.69, 9.17) is 9.72 Å². The third kappa shape index (κ3) is 4.03. The molecule has 4 aromatic rings. The van der Waals surface area contributed by atoms with Crippen LogP contribution in [-0.4, -0.2) is 24.5 Å². The SMILES string of the molecule is COc1ccc(-c2nc3ccccc3c(C(=O)NCCc3ccccc3)c2C)cc1. The molecule has 4 rings (SSSR count). The van der Waals surface area contributed by atoms with E-state index in [0.717, 1.165) is 39.9 Å². The van der Waals surface area contributed by atoms with Gasteiger partial charge in [-0.1, -0.05) is 48.5 Å². The van der Waals surface area contributed by atoms with Crippen LogP contribution in [0.3, 0.4) is 0 Å². The molecule has 0 unspecified atom stereocenters. The number of ether oxygens (including phenoxy) is 1. The molecule has 0 aliphatic heterocycles. The molecule has 30 heavy (non-hydrogen) atoms. The summed E-state index contributed by atoms with van der Waals surface area (Å²) in [4.78, 5) is 18.0. The predicted octanol–water partition coefficient (Wildman–Crippen LogP) is 5.19. The fourth-order valence-corrected chi connectivity index (χ4v) is 3.68. The number of para-hydroxylation sites is 1. The first-order valence-corrected chi connectivity index (χ1v) is 10.0. The number of aromatic nitrogens is 1. The Morgan fingerprint density at radius 2 is 1.63 bits per heavy atom. The Hall–Kier alpha value is -3.66. The molecular formula is C26H24N2O2. The lowest BCUT2D eigenvalue weighted by atomic mass is 9.97. The highest BCUT2D eigenvalue weighted by Gasteiger charge is 2.18. The molecule has 0 bridgehead atoms. The van der Waals surface area contributed by atoms with Crippen LogP contribution in [0.1, 0.15) is 21.5 Å². The van der Waals surface area contributed by atoms with Gasteiger partial charge in [-0.2, -0.15) is 0 Å². The molecule has 0 aliphatic carbocycles. The maximum absolute atomic E-state index is 13.2. The lowest BCUT2D eigenvalue weighted by Crippen LogP contribution is -2.27. The van der Waals surface area contributed by atoms with Crippen LogP contribution in [0, 0.1) is 6.92 Å². The molecule has 0 saturated heterocycles. The van der Waals surface area contributed by atoms with Crippen LogP contribution in [0.4, 0.5) is 0 Å². The van der Waals surface area contributed by atoms with E-state index in [-0.39, 0.29) is 5.91 Å². The molecule has 0 aliphatic rings. The summed E-state index contributed by atoms with van der Waals surface area (Å²) in [5, 5.41) is 3.96. The molecule has 150 valence electrons. The van der Waals surface area contributed by atoms with Crippen molar-refractivity contribution in [3.63, 3.8) is 0 Å². The van der Waals surface area contributed by atoms with E-state index in [9.17, 15) is 4.79 Å². The maximum atomic E-state index is 13.2. The Morgan fingerprint density at radius 3 is 2.37 bits per heavy atom. The van der Waals surface area contributed by atoms with Gasteiger partial charge in [-0.15, -0.1) is 0 Å². The van der Waals surface area contributed by atoms with Gasteiger partial charge in [-0.3, -0.25) is 4.79 Å². The van der Waals surface area contributed by atoms with Crippen molar-refractivity contribution in [2.45, 2.75) is 13.3 Å². The molecule has 0 atom stereocenters.